The predicted molar refractivity (Wildman–Crippen MR) is 53.9 cm³/mol. The number of pyridine rings is 2. The summed E-state index contributed by atoms with van der Waals surface area (Å²) in [5.74, 6) is 0. The molecule has 0 aliphatic heterocycles. The van der Waals surface area contributed by atoms with E-state index in [4.69, 9.17) is 11.6 Å². The van der Waals surface area contributed by atoms with Gasteiger partial charge in [-0.15, -0.1) is 0 Å². The molecule has 2 nitrogen and oxygen atoms in total. The van der Waals surface area contributed by atoms with Gasteiger partial charge in [0.2, 0.25) is 0 Å². The molecular formula is C10H9ClN2. The molecule has 66 valence electrons. The first-order valence-electron chi connectivity index (χ1n) is 4.21. The van der Waals surface area contributed by atoms with Crippen LogP contribution in [0.25, 0.3) is 10.9 Å². The summed E-state index contributed by atoms with van der Waals surface area (Å²) in [5, 5.41) is 1.52. The number of nitrogens with zero attached hydrogens (tertiary/aromatic N) is 2. The van der Waals surface area contributed by atoms with Crippen molar-refractivity contribution in [2.45, 2.75) is 13.3 Å². The van der Waals surface area contributed by atoms with Gasteiger partial charge in [0.25, 0.3) is 0 Å². The lowest BCUT2D eigenvalue weighted by Gasteiger charge is -1.99. The van der Waals surface area contributed by atoms with Crippen LogP contribution in [0.1, 0.15) is 12.6 Å². The van der Waals surface area contributed by atoms with E-state index >= 15 is 0 Å². The van der Waals surface area contributed by atoms with Crippen LogP contribution in [0, 0.1) is 0 Å². The lowest BCUT2D eigenvalue weighted by atomic mass is 10.2. The molecule has 0 fully saturated rings. The number of rotatable bonds is 1. The average Bonchev–Trinajstić information content (AvgIpc) is 2.16. The van der Waals surface area contributed by atoms with Crippen LogP contribution in [0.4, 0.5) is 0 Å². The molecule has 0 bridgehead atoms. The van der Waals surface area contributed by atoms with Crippen molar-refractivity contribution in [1.82, 2.24) is 9.97 Å². The Hall–Kier alpha value is -1.15. The minimum absolute atomic E-state index is 0.494. The Labute approximate surface area is 81.6 Å². The molecule has 0 aliphatic carbocycles. The van der Waals surface area contributed by atoms with Crippen molar-refractivity contribution in [3.8, 4) is 0 Å². The second-order valence-corrected chi connectivity index (χ2v) is 3.24. The SMILES string of the molecule is CCc1ccc2cnc(Cl)cc2n1. The Morgan fingerprint density at radius 1 is 1.38 bits per heavy atom. The van der Waals surface area contributed by atoms with Gasteiger partial charge in [0, 0.05) is 23.3 Å². The second kappa shape index (κ2) is 3.30. The number of fused-ring (bicyclic) bond motifs is 1. The van der Waals surface area contributed by atoms with Gasteiger partial charge in [-0.1, -0.05) is 18.5 Å². The van der Waals surface area contributed by atoms with Gasteiger partial charge in [-0.2, -0.15) is 0 Å². The molecule has 0 unspecified atom stereocenters. The average molecular weight is 193 g/mol. The fraction of sp³-hybridized carbons (Fsp3) is 0.200. The van der Waals surface area contributed by atoms with Gasteiger partial charge < -0.3 is 0 Å². The lowest BCUT2D eigenvalue weighted by Crippen LogP contribution is -1.88. The molecule has 0 saturated heterocycles. The predicted octanol–water partition coefficient (Wildman–Crippen LogP) is 2.85. The molecule has 2 aromatic rings. The number of hydrogen-bond acceptors (Lipinski definition) is 2. The molecule has 0 N–H and O–H groups in total. The van der Waals surface area contributed by atoms with Crippen molar-refractivity contribution in [3.05, 3.63) is 35.2 Å². The Balaban J connectivity index is 2.68. The quantitative estimate of drug-likeness (QED) is 0.650. The van der Waals surface area contributed by atoms with Crippen molar-refractivity contribution in [2.75, 3.05) is 0 Å². The van der Waals surface area contributed by atoms with Crippen LogP contribution in [0.2, 0.25) is 5.15 Å². The van der Waals surface area contributed by atoms with Crippen molar-refractivity contribution < 1.29 is 0 Å². The number of halogens is 1. The summed E-state index contributed by atoms with van der Waals surface area (Å²) in [6, 6.07) is 5.82. The first-order valence-corrected chi connectivity index (χ1v) is 4.58. The molecule has 0 spiro atoms. The third kappa shape index (κ3) is 1.63. The molecular weight excluding hydrogens is 184 g/mol. The van der Waals surface area contributed by atoms with Gasteiger partial charge in [0.1, 0.15) is 5.15 Å². The maximum absolute atomic E-state index is 5.76. The molecule has 0 amide bonds. The highest BCUT2D eigenvalue weighted by molar-refractivity contribution is 6.29. The van der Waals surface area contributed by atoms with E-state index in [0.29, 0.717) is 5.15 Å². The fourth-order valence-electron chi connectivity index (χ4n) is 1.23. The molecule has 2 aromatic heterocycles. The van der Waals surface area contributed by atoms with Crippen LogP contribution in [0.3, 0.4) is 0 Å². The van der Waals surface area contributed by atoms with Crippen LogP contribution in [0.5, 0.6) is 0 Å². The Kier molecular flexibility index (Phi) is 2.15. The number of aryl methyl sites for hydroxylation is 1. The van der Waals surface area contributed by atoms with Gasteiger partial charge >= 0.3 is 0 Å². The van der Waals surface area contributed by atoms with Crippen molar-refractivity contribution in [2.24, 2.45) is 0 Å². The molecule has 2 heterocycles. The molecule has 0 saturated carbocycles. The Morgan fingerprint density at radius 3 is 3.00 bits per heavy atom. The lowest BCUT2D eigenvalue weighted by molar-refractivity contribution is 1.06. The van der Waals surface area contributed by atoms with E-state index in [2.05, 4.69) is 16.9 Å². The van der Waals surface area contributed by atoms with Crippen LogP contribution in [0.15, 0.2) is 24.4 Å². The van der Waals surface area contributed by atoms with E-state index in [9.17, 15) is 0 Å². The Bertz CT molecular complexity index is 440. The van der Waals surface area contributed by atoms with Crippen LogP contribution in [-0.4, -0.2) is 9.97 Å². The van der Waals surface area contributed by atoms with Crippen LogP contribution < -0.4 is 0 Å². The highest BCUT2D eigenvalue weighted by Crippen LogP contribution is 2.15. The Morgan fingerprint density at radius 2 is 2.23 bits per heavy atom. The first-order chi connectivity index (χ1) is 6.29. The van der Waals surface area contributed by atoms with Gasteiger partial charge in [-0.3, -0.25) is 4.98 Å². The van der Waals surface area contributed by atoms with E-state index in [1.54, 1.807) is 12.3 Å². The number of aromatic nitrogens is 2. The monoisotopic (exact) mass is 192 g/mol. The minimum atomic E-state index is 0.494. The van der Waals surface area contributed by atoms with Gasteiger partial charge in [0.15, 0.2) is 0 Å². The topological polar surface area (TPSA) is 25.8 Å². The van der Waals surface area contributed by atoms with E-state index in [0.717, 1.165) is 23.0 Å². The smallest absolute Gasteiger partial charge is 0.131 e. The maximum atomic E-state index is 5.76. The minimum Gasteiger partial charge on any atom is -0.253 e. The van der Waals surface area contributed by atoms with E-state index < -0.39 is 0 Å². The largest absolute Gasteiger partial charge is 0.253 e. The van der Waals surface area contributed by atoms with Crippen LogP contribution >= 0.6 is 11.6 Å². The third-order valence-electron chi connectivity index (χ3n) is 1.96. The van der Waals surface area contributed by atoms with E-state index in [1.165, 1.54) is 0 Å². The van der Waals surface area contributed by atoms with Gasteiger partial charge in [-0.05, 0) is 18.6 Å². The van der Waals surface area contributed by atoms with Crippen molar-refractivity contribution in [1.29, 1.82) is 0 Å². The van der Waals surface area contributed by atoms with Crippen LogP contribution in [-0.2, 0) is 6.42 Å². The highest BCUT2D eigenvalue weighted by atomic mass is 35.5. The number of hydrogen-bond donors (Lipinski definition) is 0. The summed E-state index contributed by atoms with van der Waals surface area (Å²) in [7, 11) is 0. The normalized spacial score (nSPS) is 10.6. The third-order valence-corrected chi connectivity index (χ3v) is 2.17. The molecule has 0 aromatic carbocycles. The van der Waals surface area contributed by atoms with Crippen molar-refractivity contribution in [3.63, 3.8) is 0 Å². The molecule has 0 aliphatic rings. The first kappa shape index (κ1) is 8.45. The zero-order valence-electron chi connectivity index (χ0n) is 7.29. The molecule has 3 heteroatoms. The van der Waals surface area contributed by atoms with Gasteiger partial charge in [-0.25, -0.2) is 4.98 Å². The second-order valence-electron chi connectivity index (χ2n) is 2.86. The summed E-state index contributed by atoms with van der Waals surface area (Å²) in [4.78, 5) is 8.42. The summed E-state index contributed by atoms with van der Waals surface area (Å²) in [5.41, 5.74) is 1.99. The van der Waals surface area contributed by atoms with E-state index in [1.807, 2.05) is 12.1 Å². The fourth-order valence-corrected chi connectivity index (χ4v) is 1.38. The molecule has 0 radical (unpaired) electrons. The zero-order chi connectivity index (χ0) is 9.26. The molecule has 13 heavy (non-hydrogen) atoms. The van der Waals surface area contributed by atoms with E-state index in [-0.39, 0.29) is 0 Å². The van der Waals surface area contributed by atoms with Gasteiger partial charge in [0.05, 0.1) is 5.52 Å². The summed E-state index contributed by atoms with van der Waals surface area (Å²) in [6.07, 6.45) is 2.68. The maximum Gasteiger partial charge on any atom is 0.131 e. The summed E-state index contributed by atoms with van der Waals surface area (Å²) in [6.45, 7) is 2.08. The molecule has 0 atom stereocenters. The summed E-state index contributed by atoms with van der Waals surface area (Å²) >= 11 is 5.76. The standard InChI is InChI=1S/C10H9ClN2/c1-2-8-4-3-7-6-12-10(11)5-9(7)13-8/h3-6H,2H2,1H3. The summed E-state index contributed by atoms with van der Waals surface area (Å²) < 4.78 is 0. The zero-order valence-corrected chi connectivity index (χ0v) is 8.04. The highest BCUT2D eigenvalue weighted by Gasteiger charge is 1.98. The molecule has 2 rings (SSSR count). The van der Waals surface area contributed by atoms with Crippen molar-refractivity contribution >= 4 is 22.5 Å².